The second-order valence-corrected chi connectivity index (χ2v) is 7.52. The molecule has 5 rings (SSSR count). The summed E-state index contributed by atoms with van der Waals surface area (Å²) in [6.45, 7) is 5.67. The van der Waals surface area contributed by atoms with Crippen LogP contribution in [0.2, 0.25) is 0 Å². The fourth-order valence-corrected chi connectivity index (χ4v) is 3.91. The van der Waals surface area contributed by atoms with Crippen molar-refractivity contribution in [3.05, 3.63) is 57.9 Å². The Morgan fingerprint density at radius 3 is 2.56 bits per heavy atom. The van der Waals surface area contributed by atoms with E-state index in [1.807, 2.05) is 13.8 Å². The van der Waals surface area contributed by atoms with Crippen molar-refractivity contribution in [3.8, 4) is 22.8 Å². The van der Waals surface area contributed by atoms with Crippen LogP contribution in [0.4, 0.5) is 17.6 Å². The highest BCUT2D eigenvalue weighted by Gasteiger charge is 2.34. The summed E-state index contributed by atoms with van der Waals surface area (Å²) in [6.07, 6.45) is -1.63. The summed E-state index contributed by atoms with van der Waals surface area (Å²) < 4.78 is 59.2. The lowest BCUT2D eigenvalue weighted by atomic mass is 9.94. The van der Waals surface area contributed by atoms with Crippen LogP contribution in [-0.2, 0) is 6.18 Å². The van der Waals surface area contributed by atoms with Gasteiger partial charge < -0.3 is 14.8 Å². The Kier molecular flexibility index (Phi) is 6.51. The molecule has 1 aromatic carbocycles. The number of piperidine rings is 1. The Bertz CT molecular complexity index is 1350. The monoisotopic (exact) mass is 478 g/mol. The van der Waals surface area contributed by atoms with Crippen LogP contribution in [0.3, 0.4) is 0 Å². The van der Waals surface area contributed by atoms with Gasteiger partial charge in [0, 0.05) is 17.5 Å². The van der Waals surface area contributed by atoms with Gasteiger partial charge >= 0.3 is 6.18 Å². The number of aromatic amines is 1. The topological polar surface area (TPSA) is 101 Å². The van der Waals surface area contributed by atoms with E-state index in [2.05, 4.69) is 25.5 Å². The van der Waals surface area contributed by atoms with Gasteiger partial charge in [-0.1, -0.05) is 25.1 Å². The SMILES string of the molecule is CC.O=c1cc(C2CCNCC2)n2ncc(-c3nc(-c4ccc(C(F)(F)F)c(F)c4)no3)c2[nH]1. The smallest absolute Gasteiger partial charge is 0.333 e. The number of nitrogens with zero attached hydrogens (tertiary/aromatic N) is 4. The normalized spacial score (nSPS) is 14.8. The minimum atomic E-state index is -4.81. The summed E-state index contributed by atoms with van der Waals surface area (Å²) in [5.74, 6) is -1.38. The maximum Gasteiger partial charge on any atom is 0.419 e. The highest BCUT2D eigenvalue weighted by molar-refractivity contribution is 5.72. The first-order valence-electron chi connectivity index (χ1n) is 10.8. The van der Waals surface area contributed by atoms with Crippen LogP contribution in [0.1, 0.15) is 43.9 Å². The molecule has 1 aliphatic rings. The second-order valence-electron chi connectivity index (χ2n) is 7.52. The third kappa shape index (κ3) is 4.45. The number of halogens is 4. The predicted molar refractivity (Wildman–Crippen MR) is 116 cm³/mol. The first-order valence-corrected chi connectivity index (χ1v) is 10.8. The van der Waals surface area contributed by atoms with Gasteiger partial charge in [0.15, 0.2) is 0 Å². The molecule has 8 nitrogen and oxygen atoms in total. The summed E-state index contributed by atoms with van der Waals surface area (Å²) in [7, 11) is 0. The van der Waals surface area contributed by atoms with E-state index in [-0.39, 0.29) is 28.8 Å². The van der Waals surface area contributed by atoms with E-state index in [4.69, 9.17) is 4.52 Å². The molecule has 180 valence electrons. The van der Waals surface area contributed by atoms with Gasteiger partial charge in [0.25, 0.3) is 11.4 Å². The first-order chi connectivity index (χ1) is 16.3. The van der Waals surface area contributed by atoms with Gasteiger partial charge in [-0.15, -0.1) is 0 Å². The molecule has 0 aliphatic carbocycles. The number of benzene rings is 1. The van der Waals surface area contributed by atoms with Crippen molar-refractivity contribution in [2.75, 3.05) is 13.1 Å². The molecule has 12 heteroatoms. The Morgan fingerprint density at radius 1 is 1.15 bits per heavy atom. The van der Waals surface area contributed by atoms with E-state index >= 15 is 0 Å². The van der Waals surface area contributed by atoms with E-state index in [9.17, 15) is 22.4 Å². The predicted octanol–water partition coefficient (Wildman–Crippen LogP) is 4.39. The Balaban J connectivity index is 0.00000133. The number of rotatable bonds is 3. The van der Waals surface area contributed by atoms with Crippen LogP contribution in [0.5, 0.6) is 0 Å². The van der Waals surface area contributed by atoms with E-state index in [0.29, 0.717) is 23.3 Å². The van der Waals surface area contributed by atoms with Gasteiger partial charge in [-0.05, 0) is 38.1 Å². The standard InChI is InChI=1S/C20H16F4N6O2.C2H6/c21-14-7-11(1-2-13(14)20(22,23)24)17-28-19(32-29-17)12-9-26-30-15(8-16(31)27-18(12)30)10-3-5-25-6-4-10;1-2/h1-2,7-10,25H,3-6H2,(H,27,31);1-2H3. The zero-order chi connectivity index (χ0) is 24.5. The molecule has 34 heavy (non-hydrogen) atoms. The fraction of sp³-hybridized carbons (Fsp3) is 0.364. The average molecular weight is 478 g/mol. The number of fused-ring (bicyclic) bond motifs is 1. The first kappa shape index (κ1) is 23.6. The third-order valence-corrected chi connectivity index (χ3v) is 5.48. The third-order valence-electron chi connectivity index (χ3n) is 5.48. The number of alkyl halides is 3. The summed E-state index contributed by atoms with van der Waals surface area (Å²) >= 11 is 0. The lowest BCUT2D eigenvalue weighted by molar-refractivity contribution is -0.139. The largest absolute Gasteiger partial charge is 0.419 e. The van der Waals surface area contributed by atoms with Crippen molar-refractivity contribution in [3.63, 3.8) is 0 Å². The number of nitrogens with one attached hydrogen (secondary N) is 2. The van der Waals surface area contributed by atoms with Crippen LogP contribution in [-0.4, -0.2) is 37.8 Å². The summed E-state index contributed by atoms with van der Waals surface area (Å²) in [6, 6.07) is 3.90. The molecule has 3 aromatic heterocycles. The zero-order valence-corrected chi connectivity index (χ0v) is 18.4. The van der Waals surface area contributed by atoms with Gasteiger partial charge in [-0.2, -0.15) is 23.3 Å². The maximum atomic E-state index is 13.9. The van der Waals surface area contributed by atoms with E-state index in [0.717, 1.165) is 37.7 Å². The fourth-order valence-electron chi connectivity index (χ4n) is 3.91. The second kappa shape index (κ2) is 9.37. The molecule has 0 amide bonds. The quantitative estimate of drug-likeness (QED) is 0.424. The lowest BCUT2D eigenvalue weighted by Crippen LogP contribution is -2.28. The van der Waals surface area contributed by atoms with Crippen LogP contribution in [0.15, 0.2) is 39.8 Å². The van der Waals surface area contributed by atoms with Crippen molar-refractivity contribution in [2.24, 2.45) is 0 Å². The zero-order valence-electron chi connectivity index (χ0n) is 18.4. The minimum Gasteiger partial charge on any atom is -0.333 e. The lowest BCUT2D eigenvalue weighted by Gasteiger charge is -2.23. The maximum absolute atomic E-state index is 13.9. The van der Waals surface area contributed by atoms with Gasteiger partial charge in [-0.25, -0.2) is 8.91 Å². The molecule has 0 spiro atoms. The van der Waals surface area contributed by atoms with Gasteiger partial charge in [0.1, 0.15) is 17.0 Å². The van der Waals surface area contributed by atoms with Crippen molar-refractivity contribution in [1.29, 1.82) is 0 Å². The Labute approximate surface area is 191 Å². The molecule has 2 N–H and O–H groups in total. The van der Waals surface area contributed by atoms with Crippen molar-refractivity contribution in [2.45, 2.75) is 38.8 Å². The van der Waals surface area contributed by atoms with Crippen molar-refractivity contribution < 1.29 is 22.1 Å². The number of hydrogen-bond acceptors (Lipinski definition) is 6. The van der Waals surface area contributed by atoms with Crippen LogP contribution in [0, 0.1) is 5.82 Å². The molecule has 4 aromatic rings. The van der Waals surface area contributed by atoms with Crippen LogP contribution >= 0.6 is 0 Å². The van der Waals surface area contributed by atoms with Gasteiger partial charge in [-0.3, -0.25) is 4.79 Å². The Hall–Kier alpha value is -3.54. The molecule has 1 saturated heterocycles. The van der Waals surface area contributed by atoms with Gasteiger partial charge in [0.2, 0.25) is 5.82 Å². The number of hydrogen-bond donors (Lipinski definition) is 2. The Morgan fingerprint density at radius 2 is 1.88 bits per heavy atom. The van der Waals surface area contributed by atoms with Crippen LogP contribution < -0.4 is 10.9 Å². The van der Waals surface area contributed by atoms with Crippen LogP contribution in [0.25, 0.3) is 28.5 Å². The molecule has 4 heterocycles. The van der Waals surface area contributed by atoms with Gasteiger partial charge in [0.05, 0.1) is 17.5 Å². The molecule has 0 radical (unpaired) electrons. The molecule has 0 bridgehead atoms. The minimum absolute atomic E-state index is 0.00610. The van der Waals surface area contributed by atoms with Crippen molar-refractivity contribution in [1.82, 2.24) is 30.1 Å². The highest BCUT2D eigenvalue weighted by Crippen LogP contribution is 2.34. The molecular formula is C22H22F4N6O2. The average Bonchev–Trinajstić information content (AvgIpc) is 3.47. The molecular weight excluding hydrogens is 456 g/mol. The summed E-state index contributed by atoms with van der Waals surface area (Å²) in [4.78, 5) is 19.2. The summed E-state index contributed by atoms with van der Waals surface area (Å²) in [5, 5.41) is 11.4. The number of aromatic nitrogens is 5. The van der Waals surface area contributed by atoms with E-state index < -0.39 is 17.6 Å². The highest BCUT2D eigenvalue weighted by atomic mass is 19.4. The van der Waals surface area contributed by atoms with E-state index in [1.165, 1.54) is 12.3 Å². The van der Waals surface area contributed by atoms with E-state index in [1.54, 1.807) is 4.52 Å². The molecule has 0 unspecified atom stereocenters. The molecule has 0 atom stereocenters. The summed E-state index contributed by atoms with van der Waals surface area (Å²) in [5.41, 5.74) is -0.191. The van der Waals surface area contributed by atoms with Crippen molar-refractivity contribution >= 4 is 5.65 Å². The number of H-pyrrole nitrogens is 1. The molecule has 1 aliphatic heterocycles. The molecule has 0 saturated carbocycles. The molecule has 1 fully saturated rings.